The number of nitrogens with zero attached hydrogens (tertiary/aromatic N) is 4. The monoisotopic (exact) mass is 501 g/mol. The molecule has 0 radical (unpaired) electrons. The molecule has 5 rings (SSSR count). The Labute approximate surface area is 206 Å². The summed E-state index contributed by atoms with van der Waals surface area (Å²) >= 11 is 5.90. The Bertz CT molecular complexity index is 1300. The van der Waals surface area contributed by atoms with Gasteiger partial charge in [-0.3, -0.25) is 0 Å². The van der Waals surface area contributed by atoms with Gasteiger partial charge < -0.3 is 15.3 Å². The van der Waals surface area contributed by atoms with E-state index >= 15 is 0 Å². The lowest BCUT2D eigenvalue weighted by molar-refractivity contribution is -0.0221. The van der Waals surface area contributed by atoms with E-state index in [0.29, 0.717) is 22.9 Å². The van der Waals surface area contributed by atoms with Crippen LogP contribution in [0.5, 0.6) is 0 Å². The van der Waals surface area contributed by atoms with Crippen molar-refractivity contribution in [1.82, 2.24) is 15.0 Å². The van der Waals surface area contributed by atoms with Crippen LogP contribution in [-0.2, 0) is 0 Å². The summed E-state index contributed by atoms with van der Waals surface area (Å²) in [6.07, 6.45) is 1.65. The summed E-state index contributed by atoms with van der Waals surface area (Å²) in [6, 6.07) is 6.75. The molecule has 2 aliphatic rings. The smallest absolute Gasteiger partial charge is 0.356 e. The van der Waals surface area contributed by atoms with Crippen LogP contribution in [0.4, 0.5) is 20.3 Å². The molecule has 2 aromatic heterocycles. The fourth-order valence-electron chi connectivity index (χ4n) is 4.60. The van der Waals surface area contributed by atoms with Crippen molar-refractivity contribution in [1.29, 1.82) is 0 Å². The van der Waals surface area contributed by atoms with E-state index in [1.54, 1.807) is 6.07 Å². The predicted octanol–water partition coefficient (Wildman–Crippen LogP) is 5.97. The molecule has 1 unspecified atom stereocenters. The molecule has 1 saturated heterocycles. The number of fused-ring (bicyclic) bond motifs is 1. The molecular weight excluding hydrogens is 476 g/mol. The van der Waals surface area contributed by atoms with Gasteiger partial charge in [-0.2, -0.15) is 0 Å². The number of aromatic nitrogens is 3. The number of hydrogen-bond donors (Lipinski definition) is 2. The van der Waals surface area contributed by atoms with Gasteiger partial charge in [0.1, 0.15) is 5.15 Å². The number of aromatic carboxylic acids is 1. The lowest BCUT2D eigenvalue weighted by atomic mass is 10.0. The van der Waals surface area contributed by atoms with E-state index in [1.165, 1.54) is 6.07 Å². The number of carboxylic acids is 1. The average Bonchev–Trinajstić information content (AvgIpc) is 3.64. The Balaban J connectivity index is 1.56. The first-order valence-electron chi connectivity index (χ1n) is 11.7. The minimum absolute atomic E-state index is 0.0943. The SMILES string of the molecule is Cc1cc(C(C)Nc2ccc(Cl)nc2C(=O)O)c2nc(N3CCC(F)(F)CC3)c(C3CC3)nc2c1. The number of rotatable bonds is 6. The van der Waals surface area contributed by atoms with Crippen LogP contribution >= 0.6 is 11.6 Å². The Morgan fingerprint density at radius 1 is 1.20 bits per heavy atom. The van der Waals surface area contributed by atoms with Gasteiger partial charge in [-0.25, -0.2) is 28.5 Å². The summed E-state index contributed by atoms with van der Waals surface area (Å²) in [5.74, 6) is -2.83. The lowest BCUT2D eigenvalue weighted by Crippen LogP contribution is -2.40. The van der Waals surface area contributed by atoms with Crippen LogP contribution in [0, 0.1) is 6.92 Å². The molecule has 1 saturated carbocycles. The summed E-state index contributed by atoms with van der Waals surface area (Å²) in [5.41, 5.74) is 4.30. The first kappa shape index (κ1) is 23.7. The second kappa shape index (κ2) is 8.86. The number of carboxylic acid groups (broad SMARTS) is 1. The van der Waals surface area contributed by atoms with Crippen molar-refractivity contribution in [2.24, 2.45) is 0 Å². The zero-order valence-electron chi connectivity index (χ0n) is 19.5. The molecule has 1 aliphatic heterocycles. The van der Waals surface area contributed by atoms with Gasteiger partial charge in [0, 0.05) is 37.4 Å². The van der Waals surface area contributed by atoms with Crippen LogP contribution in [0.25, 0.3) is 11.0 Å². The molecule has 0 bridgehead atoms. The van der Waals surface area contributed by atoms with Crippen LogP contribution in [-0.4, -0.2) is 45.0 Å². The van der Waals surface area contributed by atoms with E-state index in [-0.39, 0.29) is 42.8 Å². The number of carbonyl (C=O) groups is 1. The maximum Gasteiger partial charge on any atom is 0.356 e. The predicted molar refractivity (Wildman–Crippen MR) is 131 cm³/mol. The molecule has 3 heterocycles. The molecule has 1 atom stereocenters. The number of aryl methyl sites for hydroxylation is 1. The minimum Gasteiger partial charge on any atom is -0.476 e. The zero-order valence-corrected chi connectivity index (χ0v) is 20.2. The third-order valence-electron chi connectivity index (χ3n) is 6.61. The van der Waals surface area contributed by atoms with E-state index in [0.717, 1.165) is 35.2 Å². The molecular formula is C25H26ClF2N5O2. The molecule has 3 aromatic rings. The van der Waals surface area contributed by atoms with Crippen molar-refractivity contribution >= 4 is 40.1 Å². The van der Waals surface area contributed by atoms with Crippen LogP contribution in [0.2, 0.25) is 5.15 Å². The molecule has 10 heteroatoms. The van der Waals surface area contributed by atoms with Gasteiger partial charge >= 0.3 is 5.97 Å². The van der Waals surface area contributed by atoms with Crippen molar-refractivity contribution in [2.75, 3.05) is 23.3 Å². The maximum absolute atomic E-state index is 13.8. The van der Waals surface area contributed by atoms with Gasteiger partial charge in [0.25, 0.3) is 5.92 Å². The van der Waals surface area contributed by atoms with Crippen molar-refractivity contribution in [3.05, 3.63) is 51.9 Å². The highest BCUT2D eigenvalue weighted by Gasteiger charge is 2.37. The standard InChI is InChI=1S/C25H26ClF2N5O2/c1-13-11-16(14(2)29-17-5-6-19(26)31-22(17)24(34)35)21-18(12-13)30-20(15-3-4-15)23(32-21)33-9-7-25(27,28)8-10-33/h5-6,11-12,14-15,29H,3-4,7-10H2,1-2H3,(H,34,35). The molecule has 2 N–H and O–H groups in total. The van der Waals surface area contributed by atoms with Crippen molar-refractivity contribution in [3.63, 3.8) is 0 Å². The third-order valence-corrected chi connectivity index (χ3v) is 6.82. The van der Waals surface area contributed by atoms with Gasteiger partial charge in [0.15, 0.2) is 11.5 Å². The van der Waals surface area contributed by atoms with E-state index in [4.69, 9.17) is 21.6 Å². The van der Waals surface area contributed by atoms with Gasteiger partial charge in [0.2, 0.25) is 0 Å². The Kier molecular flexibility index (Phi) is 5.99. The van der Waals surface area contributed by atoms with E-state index in [9.17, 15) is 18.7 Å². The largest absolute Gasteiger partial charge is 0.476 e. The Morgan fingerprint density at radius 2 is 1.91 bits per heavy atom. The summed E-state index contributed by atoms with van der Waals surface area (Å²) in [7, 11) is 0. The highest BCUT2D eigenvalue weighted by molar-refractivity contribution is 6.29. The van der Waals surface area contributed by atoms with E-state index in [2.05, 4.69) is 10.3 Å². The number of halogens is 3. The second-order valence-electron chi connectivity index (χ2n) is 9.47. The number of hydrogen-bond acceptors (Lipinski definition) is 6. The number of pyridine rings is 1. The van der Waals surface area contributed by atoms with E-state index < -0.39 is 11.9 Å². The maximum atomic E-state index is 13.8. The van der Waals surface area contributed by atoms with Crippen LogP contribution in [0.3, 0.4) is 0 Å². The molecule has 1 aromatic carbocycles. The van der Waals surface area contributed by atoms with Gasteiger partial charge in [-0.05, 0) is 50.5 Å². The number of anilines is 2. The van der Waals surface area contributed by atoms with Crippen LogP contribution in [0.15, 0.2) is 24.3 Å². The summed E-state index contributed by atoms with van der Waals surface area (Å²) in [5, 5.41) is 12.9. The van der Waals surface area contributed by atoms with Crippen molar-refractivity contribution < 1.29 is 18.7 Å². The fourth-order valence-corrected chi connectivity index (χ4v) is 4.75. The quantitative estimate of drug-likeness (QED) is 0.402. The summed E-state index contributed by atoms with van der Waals surface area (Å²) in [4.78, 5) is 27.5. The Hall–Kier alpha value is -3.07. The summed E-state index contributed by atoms with van der Waals surface area (Å²) < 4.78 is 27.7. The average molecular weight is 502 g/mol. The first-order chi connectivity index (χ1) is 16.6. The number of benzene rings is 1. The van der Waals surface area contributed by atoms with Crippen molar-refractivity contribution in [3.8, 4) is 0 Å². The van der Waals surface area contributed by atoms with Gasteiger partial charge in [-0.1, -0.05) is 17.7 Å². The van der Waals surface area contributed by atoms with Gasteiger partial charge in [0.05, 0.1) is 28.5 Å². The normalized spacial score (nSPS) is 18.5. The molecule has 35 heavy (non-hydrogen) atoms. The van der Waals surface area contributed by atoms with Crippen molar-refractivity contribution in [2.45, 2.75) is 57.4 Å². The Morgan fingerprint density at radius 3 is 2.57 bits per heavy atom. The molecule has 184 valence electrons. The molecule has 0 amide bonds. The van der Waals surface area contributed by atoms with Gasteiger partial charge in [-0.15, -0.1) is 0 Å². The number of nitrogens with one attached hydrogen (secondary N) is 1. The molecule has 7 nitrogen and oxygen atoms in total. The second-order valence-corrected chi connectivity index (χ2v) is 9.86. The minimum atomic E-state index is -2.64. The van der Waals surface area contributed by atoms with Crippen LogP contribution in [0.1, 0.15) is 71.9 Å². The number of piperidine rings is 1. The van der Waals surface area contributed by atoms with E-state index in [1.807, 2.05) is 30.9 Å². The highest BCUT2D eigenvalue weighted by Crippen LogP contribution is 2.45. The molecule has 0 spiro atoms. The highest BCUT2D eigenvalue weighted by atomic mass is 35.5. The lowest BCUT2D eigenvalue weighted by Gasteiger charge is -2.33. The molecule has 1 aliphatic carbocycles. The first-order valence-corrected chi connectivity index (χ1v) is 12.1. The topological polar surface area (TPSA) is 91.2 Å². The van der Waals surface area contributed by atoms with Crippen LogP contribution < -0.4 is 10.2 Å². The number of alkyl halides is 2. The zero-order chi connectivity index (χ0) is 24.9. The fraction of sp³-hybridized carbons (Fsp3) is 0.440. The summed E-state index contributed by atoms with van der Waals surface area (Å²) in [6.45, 7) is 4.36. The molecule has 2 fully saturated rings. The third kappa shape index (κ3) is 4.87.